The number of ether oxygens (including phenoxy) is 1. The second-order valence-corrected chi connectivity index (χ2v) is 11.3. The van der Waals surface area contributed by atoms with Gasteiger partial charge in [0.25, 0.3) is 0 Å². The minimum absolute atomic E-state index is 0.0888. The lowest BCUT2D eigenvalue weighted by atomic mass is 10.1. The molecule has 2 aromatic carbocycles. The Labute approximate surface area is 221 Å². The van der Waals surface area contributed by atoms with Gasteiger partial charge in [0.15, 0.2) is 0 Å². The maximum absolute atomic E-state index is 13.6. The Hall–Kier alpha value is -2.20. The monoisotopic (exact) mass is 563 g/mol. The lowest BCUT2D eigenvalue weighted by molar-refractivity contribution is -0.139. The van der Waals surface area contributed by atoms with Crippen molar-refractivity contribution >= 4 is 62.3 Å². The molecule has 0 saturated heterocycles. The molecule has 0 aromatic heterocycles. The molecule has 2 amide bonds. The molecule has 0 bridgehead atoms. The van der Waals surface area contributed by atoms with Gasteiger partial charge >= 0.3 is 0 Å². The molecule has 35 heavy (non-hydrogen) atoms. The summed E-state index contributed by atoms with van der Waals surface area (Å²) in [6, 6.07) is 8.18. The second kappa shape index (κ2) is 12.2. The summed E-state index contributed by atoms with van der Waals surface area (Å²) in [6.45, 7) is 4.40. The normalized spacial score (nSPS) is 12.3. The first kappa shape index (κ1) is 29.0. The second-order valence-electron chi connectivity index (χ2n) is 8.15. The van der Waals surface area contributed by atoms with Crippen molar-refractivity contribution < 1.29 is 22.7 Å². The van der Waals surface area contributed by atoms with Gasteiger partial charge in [-0.2, -0.15) is 0 Å². The highest BCUT2D eigenvalue weighted by Gasteiger charge is 2.32. The zero-order valence-corrected chi connectivity index (χ0v) is 23.1. The third kappa shape index (κ3) is 7.64. The van der Waals surface area contributed by atoms with E-state index in [1.165, 1.54) is 30.2 Å². The SMILES string of the molecule is COc1ccc(Cl)cc1N(CC(=O)N(Cc1c(Cl)cccc1Cl)[C@H](C)C(=O)NC(C)C)S(C)(=O)=O. The largest absolute Gasteiger partial charge is 0.495 e. The molecule has 0 aliphatic heterocycles. The Kier molecular flexibility index (Phi) is 10.1. The summed E-state index contributed by atoms with van der Waals surface area (Å²) in [6.07, 6.45) is 0.963. The highest BCUT2D eigenvalue weighted by atomic mass is 35.5. The molecule has 12 heteroatoms. The Bertz CT molecular complexity index is 1170. The summed E-state index contributed by atoms with van der Waals surface area (Å²) in [5, 5.41) is 3.64. The van der Waals surface area contributed by atoms with Crippen LogP contribution in [0.5, 0.6) is 5.75 Å². The van der Waals surface area contributed by atoms with Crippen LogP contribution >= 0.6 is 34.8 Å². The molecule has 0 heterocycles. The van der Waals surface area contributed by atoms with Crippen molar-refractivity contribution in [2.45, 2.75) is 39.4 Å². The van der Waals surface area contributed by atoms with Crippen LogP contribution in [-0.2, 0) is 26.2 Å². The highest BCUT2D eigenvalue weighted by Crippen LogP contribution is 2.33. The van der Waals surface area contributed by atoms with Gasteiger partial charge < -0.3 is 15.0 Å². The quantitative estimate of drug-likeness (QED) is 0.463. The van der Waals surface area contributed by atoms with Gasteiger partial charge in [-0.05, 0) is 51.1 Å². The minimum Gasteiger partial charge on any atom is -0.495 e. The van der Waals surface area contributed by atoms with E-state index in [9.17, 15) is 18.0 Å². The predicted molar refractivity (Wildman–Crippen MR) is 140 cm³/mol. The minimum atomic E-state index is -3.96. The van der Waals surface area contributed by atoms with Gasteiger partial charge in [0, 0.05) is 33.2 Å². The van der Waals surface area contributed by atoms with Gasteiger partial charge in [0.1, 0.15) is 18.3 Å². The van der Waals surface area contributed by atoms with Crippen molar-refractivity contribution in [3.63, 3.8) is 0 Å². The number of carbonyl (C=O) groups is 2. The van der Waals surface area contributed by atoms with Crippen molar-refractivity contribution in [3.05, 3.63) is 57.0 Å². The fraction of sp³-hybridized carbons (Fsp3) is 0.391. The molecule has 0 aliphatic rings. The first-order valence-electron chi connectivity index (χ1n) is 10.6. The van der Waals surface area contributed by atoms with Gasteiger partial charge in [0.2, 0.25) is 21.8 Å². The van der Waals surface area contributed by atoms with E-state index in [0.29, 0.717) is 15.6 Å². The summed E-state index contributed by atoms with van der Waals surface area (Å²) < 4.78 is 31.6. The number of nitrogens with zero attached hydrogens (tertiary/aromatic N) is 2. The molecule has 0 fully saturated rings. The van der Waals surface area contributed by atoms with E-state index in [1.54, 1.807) is 39.0 Å². The smallest absolute Gasteiger partial charge is 0.244 e. The number of halogens is 3. The molecule has 0 radical (unpaired) electrons. The first-order chi connectivity index (χ1) is 16.3. The standard InChI is InChI=1S/C23H28Cl3N3O5S/c1-14(2)27-23(31)15(3)28(12-17-18(25)7-6-8-19(17)26)22(30)13-29(35(5,32)33)20-11-16(24)9-10-21(20)34-4/h6-11,14-15H,12-13H2,1-5H3,(H,27,31)/t15-/m1/s1. The third-order valence-electron chi connectivity index (χ3n) is 5.08. The molecule has 0 unspecified atom stereocenters. The number of hydrogen-bond donors (Lipinski definition) is 1. The predicted octanol–water partition coefficient (Wildman–Crippen LogP) is 4.36. The number of nitrogens with one attached hydrogen (secondary N) is 1. The highest BCUT2D eigenvalue weighted by molar-refractivity contribution is 7.92. The molecular formula is C23H28Cl3N3O5S. The molecule has 1 N–H and O–H groups in total. The Morgan fingerprint density at radius 3 is 2.17 bits per heavy atom. The Morgan fingerprint density at radius 2 is 1.66 bits per heavy atom. The summed E-state index contributed by atoms with van der Waals surface area (Å²) in [5.74, 6) is -0.860. The number of hydrogen-bond acceptors (Lipinski definition) is 5. The van der Waals surface area contributed by atoms with Gasteiger partial charge in [-0.3, -0.25) is 13.9 Å². The third-order valence-corrected chi connectivity index (χ3v) is 7.15. The van der Waals surface area contributed by atoms with Crippen LogP contribution in [0.15, 0.2) is 36.4 Å². The molecule has 8 nitrogen and oxygen atoms in total. The van der Waals surface area contributed by atoms with Crippen molar-refractivity contribution in [2.24, 2.45) is 0 Å². The lowest BCUT2D eigenvalue weighted by Gasteiger charge is -2.32. The van der Waals surface area contributed by atoms with Crippen LogP contribution in [0.3, 0.4) is 0 Å². The van der Waals surface area contributed by atoms with E-state index in [1.807, 2.05) is 0 Å². The molecular weight excluding hydrogens is 537 g/mol. The van der Waals surface area contributed by atoms with Crippen LogP contribution in [0, 0.1) is 0 Å². The lowest BCUT2D eigenvalue weighted by Crippen LogP contribution is -2.52. The van der Waals surface area contributed by atoms with Crippen LogP contribution in [0.2, 0.25) is 15.1 Å². The molecule has 2 rings (SSSR count). The maximum Gasteiger partial charge on any atom is 0.244 e. The van der Waals surface area contributed by atoms with Crippen LogP contribution in [0.25, 0.3) is 0 Å². The van der Waals surface area contributed by atoms with Crippen LogP contribution in [0.4, 0.5) is 5.69 Å². The van der Waals surface area contributed by atoms with Crippen molar-refractivity contribution in [2.75, 3.05) is 24.2 Å². The number of benzene rings is 2. The van der Waals surface area contributed by atoms with Gasteiger partial charge in [0.05, 0.1) is 19.1 Å². The number of sulfonamides is 1. The molecule has 0 saturated carbocycles. The first-order valence-corrected chi connectivity index (χ1v) is 13.6. The maximum atomic E-state index is 13.6. The van der Waals surface area contributed by atoms with E-state index < -0.39 is 34.4 Å². The summed E-state index contributed by atoms with van der Waals surface area (Å²) >= 11 is 18.7. The number of amides is 2. The topological polar surface area (TPSA) is 96.0 Å². The molecule has 0 aliphatic carbocycles. The zero-order valence-electron chi connectivity index (χ0n) is 20.0. The average molecular weight is 565 g/mol. The molecule has 2 aromatic rings. The van der Waals surface area contributed by atoms with Crippen LogP contribution in [-0.4, -0.2) is 57.1 Å². The van der Waals surface area contributed by atoms with E-state index in [-0.39, 0.29) is 29.0 Å². The van der Waals surface area contributed by atoms with Crippen molar-refractivity contribution in [1.82, 2.24) is 10.2 Å². The molecule has 0 spiro atoms. The molecule has 1 atom stereocenters. The van der Waals surface area contributed by atoms with E-state index >= 15 is 0 Å². The zero-order chi connectivity index (χ0) is 26.5. The summed E-state index contributed by atoms with van der Waals surface area (Å²) in [7, 11) is -2.58. The van der Waals surface area contributed by atoms with Crippen LogP contribution < -0.4 is 14.4 Å². The average Bonchev–Trinajstić information content (AvgIpc) is 2.75. The van der Waals surface area contributed by atoms with Gasteiger partial charge in [-0.25, -0.2) is 8.42 Å². The summed E-state index contributed by atoms with van der Waals surface area (Å²) in [5.41, 5.74) is 0.519. The van der Waals surface area contributed by atoms with Crippen LogP contribution in [0.1, 0.15) is 26.3 Å². The molecule has 192 valence electrons. The van der Waals surface area contributed by atoms with Crippen molar-refractivity contribution in [1.29, 1.82) is 0 Å². The van der Waals surface area contributed by atoms with E-state index in [0.717, 1.165) is 10.6 Å². The fourth-order valence-electron chi connectivity index (χ4n) is 3.29. The Balaban J connectivity index is 2.52. The Morgan fingerprint density at radius 1 is 1.06 bits per heavy atom. The number of methoxy groups -OCH3 is 1. The number of anilines is 1. The van der Waals surface area contributed by atoms with Gasteiger partial charge in [-0.1, -0.05) is 40.9 Å². The van der Waals surface area contributed by atoms with E-state index in [2.05, 4.69) is 5.32 Å². The summed E-state index contributed by atoms with van der Waals surface area (Å²) in [4.78, 5) is 27.6. The van der Waals surface area contributed by atoms with E-state index in [4.69, 9.17) is 39.5 Å². The fourth-order valence-corrected chi connectivity index (χ4v) is 4.82. The van der Waals surface area contributed by atoms with Crippen molar-refractivity contribution in [3.8, 4) is 5.75 Å². The van der Waals surface area contributed by atoms with Gasteiger partial charge in [-0.15, -0.1) is 0 Å². The number of rotatable bonds is 10. The number of carbonyl (C=O) groups excluding carboxylic acids is 2.